The first-order chi connectivity index (χ1) is 12.3. The van der Waals surface area contributed by atoms with E-state index in [2.05, 4.69) is 76.6 Å². The van der Waals surface area contributed by atoms with Gasteiger partial charge in [-0.05, 0) is 0 Å². The molecule has 0 N–H and O–H groups in total. The Kier molecular flexibility index (Phi) is 4.34. The van der Waals surface area contributed by atoms with E-state index >= 15 is 0 Å². The third kappa shape index (κ3) is 2.67. The maximum absolute atomic E-state index is 7.34. The molecular weight excluding hydrogens is 546 g/mol. The Balaban J connectivity index is 1.75. The van der Waals surface area contributed by atoms with Crippen LogP contribution in [0.5, 0.6) is 0 Å². The number of hydrogen-bond acceptors (Lipinski definition) is 2. The van der Waals surface area contributed by atoms with Crippen LogP contribution in [0.3, 0.4) is 0 Å². The van der Waals surface area contributed by atoms with E-state index in [9.17, 15) is 0 Å². The SMILES string of the molecule is [SH][Zr]([Cl])([Cl])([c]1cccc2c1C=CC2)[c]1cccc2c1C=C1SC(Br)=CC12. The van der Waals surface area contributed by atoms with Gasteiger partial charge in [-0.3, -0.25) is 0 Å². The monoisotopic (exact) mass is 557 g/mol. The predicted octanol–water partition coefficient (Wildman–Crippen LogP) is 6.47. The van der Waals surface area contributed by atoms with Gasteiger partial charge < -0.3 is 0 Å². The van der Waals surface area contributed by atoms with Gasteiger partial charge in [0.1, 0.15) is 0 Å². The fourth-order valence-electron chi connectivity index (χ4n) is 4.12. The van der Waals surface area contributed by atoms with E-state index in [0.29, 0.717) is 5.92 Å². The fourth-order valence-corrected chi connectivity index (χ4v) is 18.1. The molecule has 2 aromatic carbocycles. The number of halogens is 3. The number of benzene rings is 2. The van der Waals surface area contributed by atoms with Crippen molar-refractivity contribution in [3.05, 3.63) is 79.5 Å². The van der Waals surface area contributed by atoms with E-state index in [0.717, 1.165) is 13.0 Å². The van der Waals surface area contributed by atoms with Crippen LogP contribution in [0.15, 0.2) is 57.3 Å². The molecule has 0 spiro atoms. The Morgan fingerprint density at radius 3 is 2.62 bits per heavy atom. The molecule has 5 rings (SSSR count). The van der Waals surface area contributed by atoms with E-state index in [1.807, 2.05) is 0 Å². The van der Waals surface area contributed by atoms with Crippen LogP contribution in [0.4, 0.5) is 0 Å². The second-order valence-corrected chi connectivity index (χ2v) is 35.3. The molecule has 1 atom stereocenters. The maximum atomic E-state index is 7.34. The van der Waals surface area contributed by atoms with Crippen molar-refractivity contribution in [1.82, 2.24) is 0 Å². The summed E-state index contributed by atoms with van der Waals surface area (Å²) in [5, 5.41) is 0. The molecule has 131 valence electrons. The average Bonchev–Trinajstić information content (AvgIpc) is 3.26. The van der Waals surface area contributed by atoms with Gasteiger partial charge in [0.15, 0.2) is 0 Å². The first-order valence-electron chi connectivity index (χ1n) is 8.35. The minimum atomic E-state index is -4.71. The van der Waals surface area contributed by atoms with Gasteiger partial charge in [0.2, 0.25) is 0 Å². The van der Waals surface area contributed by atoms with Gasteiger partial charge in [0, 0.05) is 0 Å². The molecule has 3 aliphatic rings. The summed E-state index contributed by atoms with van der Waals surface area (Å²) in [7, 11) is 19.8. The van der Waals surface area contributed by atoms with Crippen molar-refractivity contribution in [2.75, 3.05) is 0 Å². The summed E-state index contributed by atoms with van der Waals surface area (Å²) < 4.78 is 3.22. The summed E-state index contributed by atoms with van der Waals surface area (Å²) in [6.45, 7) is 0. The molecule has 0 saturated carbocycles. The number of fused-ring (bicyclic) bond motifs is 4. The van der Waals surface area contributed by atoms with Crippen LogP contribution in [0.25, 0.3) is 12.2 Å². The van der Waals surface area contributed by atoms with Crippen molar-refractivity contribution in [2.45, 2.75) is 12.3 Å². The third-order valence-electron chi connectivity index (χ3n) is 5.32. The molecule has 0 nitrogen and oxygen atoms in total. The molecule has 26 heavy (non-hydrogen) atoms. The van der Waals surface area contributed by atoms with E-state index in [4.69, 9.17) is 26.4 Å². The van der Waals surface area contributed by atoms with Crippen molar-refractivity contribution >= 4 is 72.8 Å². The molecule has 0 fully saturated rings. The second-order valence-electron chi connectivity index (χ2n) is 6.86. The van der Waals surface area contributed by atoms with Gasteiger partial charge in [-0.15, -0.1) is 0 Å². The summed E-state index contributed by atoms with van der Waals surface area (Å²) in [6.07, 6.45) is 9.75. The van der Waals surface area contributed by atoms with Crippen LogP contribution in [0.1, 0.15) is 28.2 Å². The van der Waals surface area contributed by atoms with E-state index in [1.54, 1.807) is 11.8 Å². The number of hydrogen-bond donors (Lipinski definition) is 1. The van der Waals surface area contributed by atoms with Crippen LogP contribution < -0.4 is 6.54 Å². The third-order valence-corrected chi connectivity index (χ3v) is 21.3. The zero-order valence-electron chi connectivity index (χ0n) is 13.5. The van der Waals surface area contributed by atoms with Crippen LogP contribution in [-0.2, 0) is 21.4 Å². The van der Waals surface area contributed by atoms with Crippen LogP contribution in [0, 0.1) is 0 Å². The van der Waals surface area contributed by atoms with Crippen LogP contribution >= 0.6 is 54.1 Å². The number of thiol groups is 1. The molecule has 0 aromatic heterocycles. The summed E-state index contributed by atoms with van der Waals surface area (Å²) in [6, 6.07) is 12.6. The Bertz CT molecular complexity index is 1060. The molecule has 1 heterocycles. The van der Waals surface area contributed by atoms with Crippen LogP contribution in [-0.4, -0.2) is 0 Å². The Labute approximate surface area is 177 Å². The molecular formula is C20H14BrCl2S2Zr. The second kappa shape index (κ2) is 6.15. The minimum absolute atomic E-state index is 0.304. The van der Waals surface area contributed by atoms with Gasteiger partial charge in [0.05, 0.1) is 0 Å². The zero-order chi connectivity index (χ0) is 18.1. The van der Waals surface area contributed by atoms with Crippen molar-refractivity contribution in [3.8, 4) is 0 Å². The standard InChI is InChI=1S/C11H6BrS.C9H7.2ClH.H2S.Zr/c12-11-6-9-8-4-2-1-3-7(8)5-10(9)13-11;1-2-5-9-7-3-6-8(9)4-1;;;;/h1-2,4-6,9H;1-4,7H,6H2;2*1H;1H2;/q;;;;;+3/p-3. The zero-order valence-corrected chi connectivity index (χ0v) is 20.8. The molecule has 0 radical (unpaired) electrons. The van der Waals surface area contributed by atoms with Gasteiger partial charge in [-0.2, -0.15) is 0 Å². The Hall–Kier alpha value is 0.303. The average molecular weight is 561 g/mol. The van der Waals surface area contributed by atoms with E-state index in [1.165, 1.54) is 31.0 Å². The summed E-state index contributed by atoms with van der Waals surface area (Å²) in [4.78, 5) is 1.32. The van der Waals surface area contributed by atoms with Gasteiger partial charge in [0.25, 0.3) is 0 Å². The molecule has 0 amide bonds. The molecule has 0 saturated heterocycles. The molecule has 1 aliphatic heterocycles. The van der Waals surface area contributed by atoms with E-state index in [-0.39, 0.29) is 0 Å². The van der Waals surface area contributed by atoms with Crippen molar-refractivity contribution in [2.24, 2.45) is 0 Å². The first kappa shape index (κ1) is 18.3. The van der Waals surface area contributed by atoms with Gasteiger partial charge in [-0.25, -0.2) is 0 Å². The van der Waals surface area contributed by atoms with Crippen LogP contribution in [0.2, 0.25) is 0 Å². The van der Waals surface area contributed by atoms with Gasteiger partial charge >= 0.3 is 180 Å². The first-order valence-corrected chi connectivity index (χ1v) is 22.5. The Morgan fingerprint density at radius 1 is 1.08 bits per heavy atom. The van der Waals surface area contributed by atoms with Crippen molar-refractivity contribution < 1.29 is 14.9 Å². The Morgan fingerprint density at radius 2 is 1.81 bits per heavy atom. The number of thioether (sulfide) groups is 1. The molecule has 6 heteroatoms. The summed E-state index contributed by atoms with van der Waals surface area (Å²) in [5.74, 6) is 0.304. The molecule has 2 aromatic rings. The normalized spacial score (nSPS) is 21.5. The predicted molar refractivity (Wildman–Crippen MR) is 121 cm³/mol. The fraction of sp³-hybridized carbons (Fsp3) is 0.100. The van der Waals surface area contributed by atoms with Crippen molar-refractivity contribution in [3.63, 3.8) is 0 Å². The molecule has 2 aliphatic carbocycles. The number of rotatable bonds is 2. The molecule has 0 bridgehead atoms. The topological polar surface area (TPSA) is 0 Å². The summed E-state index contributed by atoms with van der Waals surface area (Å²) >= 11 is 0.667. The van der Waals surface area contributed by atoms with E-state index < -0.39 is 14.9 Å². The quantitative estimate of drug-likeness (QED) is 0.411. The van der Waals surface area contributed by atoms with Crippen molar-refractivity contribution in [1.29, 1.82) is 0 Å². The summed E-state index contributed by atoms with van der Waals surface area (Å²) in [5.41, 5.74) is 4.89. The number of allylic oxidation sites excluding steroid dienone is 3. The molecule has 1 unspecified atom stereocenters. The van der Waals surface area contributed by atoms with Gasteiger partial charge in [-0.1, -0.05) is 0 Å².